The van der Waals surface area contributed by atoms with Crippen LogP contribution < -0.4 is 20.3 Å². The summed E-state index contributed by atoms with van der Waals surface area (Å²) in [6.45, 7) is 3.76. The molecule has 0 spiro atoms. The van der Waals surface area contributed by atoms with Crippen LogP contribution in [0.15, 0.2) is 52.6 Å². The van der Waals surface area contributed by atoms with Crippen molar-refractivity contribution in [3.63, 3.8) is 0 Å². The Hall–Kier alpha value is -4.58. The topological polar surface area (TPSA) is 99.7 Å². The third-order valence-electron chi connectivity index (χ3n) is 6.63. The van der Waals surface area contributed by atoms with Gasteiger partial charge in [0.25, 0.3) is 5.56 Å². The molecule has 3 heterocycles. The molecular weight excluding hydrogens is 552 g/mol. The number of methoxy groups -OCH3 is 2. The fraction of sp³-hybridized carbons (Fsp3) is 0.241. The molecule has 1 N–H and O–H groups in total. The Bertz CT molecular complexity index is 1830. The number of aryl methyl sites for hydroxylation is 2. The Morgan fingerprint density at radius 2 is 1.83 bits per heavy atom. The van der Waals surface area contributed by atoms with E-state index in [0.717, 1.165) is 23.8 Å². The van der Waals surface area contributed by atoms with E-state index in [9.17, 15) is 18.4 Å². The van der Waals surface area contributed by atoms with E-state index in [1.165, 1.54) is 20.4 Å². The van der Waals surface area contributed by atoms with Gasteiger partial charge in [0.1, 0.15) is 23.0 Å². The second-order valence-corrected chi connectivity index (χ2v) is 10.2. The highest BCUT2D eigenvalue weighted by atomic mass is 32.1. The van der Waals surface area contributed by atoms with Crippen molar-refractivity contribution in [3.05, 3.63) is 92.5 Å². The first-order valence-electron chi connectivity index (χ1n) is 12.7. The maximum absolute atomic E-state index is 14.4. The van der Waals surface area contributed by atoms with Crippen LogP contribution >= 0.6 is 11.3 Å². The molecule has 0 bridgehead atoms. The van der Waals surface area contributed by atoms with Gasteiger partial charge in [0.15, 0.2) is 16.5 Å². The van der Waals surface area contributed by atoms with E-state index in [-0.39, 0.29) is 29.3 Å². The Balaban J connectivity index is 1.37. The van der Waals surface area contributed by atoms with Gasteiger partial charge < -0.3 is 14.8 Å². The molecule has 0 aliphatic heterocycles. The smallest absolute Gasteiger partial charge is 0.268 e. The van der Waals surface area contributed by atoms with Crippen molar-refractivity contribution in [3.8, 4) is 28.4 Å². The first-order valence-corrected chi connectivity index (χ1v) is 13.6. The van der Waals surface area contributed by atoms with E-state index >= 15 is 0 Å². The lowest BCUT2D eigenvalue weighted by Crippen LogP contribution is -2.29. The number of carbonyl (C=O) groups excluding carboxylic acids is 1. The van der Waals surface area contributed by atoms with Crippen LogP contribution in [0.25, 0.3) is 21.9 Å². The fourth-order valence-corrected chi connectivity index (χ4v) is 5.55. The minimum absolute atomic E-state index is 0.0298. The van der Waals surface area contributed by atoms with Gasteiger partial charge in [-0.3, -0.25) is 14.0 Å². The number of fused-ring (bicyclic) bond motifs is 1. The molecule has 3 aromatic heterocycles. The second-order valence-electron chi connectivity index (χ2n) is 9.37. The minimum atomic E-state index is -0.650. The fourth-order valence-electron chi connectivity index (χ4n) is 4.62. The standard InChI is InChI=1S/C29H27F2N5O4S/c1-16-11-22(34-36(16)23-13-19(30)6-7-21(23)31)27-17(2)33-29-35(28(27)38)20(15-41-29)14-26(37)32-10-9-18-5-8-24(39-3)25(12-18)40-4/h5-8,11-13,15H,9-10,14H2,1-4H3,(H,32,37). The highest BCUT2D eigenvalue weighted by Crippen LogP contribution is 2.28. The van der Waals surface area contributed by atoms with Gasteiger partial charge in [0.05, 0.1) is 31.9 Å². The molecule has 12 heteroatoms. The normalized spacial score (nSPS) is 11.2. The minimum Gasteiger partial charge on any atom is -0.493 e. The molecule has 212 valence electrons. The van der Waals surface area contributed by atoms with E-state index in [1.54, 1.807) is 39.5 Å². The number of hydrogen-bond acceptors (Lipinski definition) is 7. The summed E-state index contributed by atoms with van der Waals surface area (Å²) in [4.78, 5) is 31.5. The lowest BCUT2D eigenvalue weighted by Gasteiger charge is -2.10. The van der Waals surface area contributed by atoms with Crippen molar-refractivity contribution in [1.82, 2.24) is 24.5 Å². The number of thiazole rings is 1. The van der Waals surface area contributed by atoms with Gasteiger partial charge >= 0.3 is 0 Å². The molecule has 0 atom stereocenters. The molecule has 0 saturated carbocycles. The van der Waals surface area contributed by atoms with Gasteiger partial charge in [-0.05, 0) is 56.2 Å². The van der Waals surface area contributed by atoms with Gasteiger partial charge in [-0.2, -0.15) is 5.10 Å². The average molecular weight is 580 g/mol. The summed E-state index contributed by atoms with van der Waals surface area (Å²) in [6.07, 6.45) is 0.549. The van der Waals surface area contributed by atoms with Gasteiger partial charge in [-0.25, -0.2) is 18.4 Å². The number of carbonyl (C=O) groups is 1. The SMILES string of the molecule is COc1ccc(CCNC(=O)Cc2csc3nc(C)c(-c4cc(C)n(-c5cc(F)ccc5F)n4)c(=O)n23)cc1OC. The third-order valence-corrected chi connectivity index (χ3v) is 7.50. The van der Waals surface area contributed by atoms with E-state index in [2.05, 4.69) is 15.4 Å². The quantitative estimate of drug-likeness (QED) is 0.278. The summed E-state index contributed by atoms with van der Waals surface area (Å²) in [5.74, 6) is -0.270. The largest absolute Gasteiger partial charge is 0.493 e. The van der Waals surface area contributed by atoms with Crippen molar-refractivity contribution in [1.29, 1.82) is 0 Å². The monoisotopic (exact) mass is 579 g/mol. The highest BCUT2D eigenvalue weighted by Gasteiger charge is 2.21. The molecule has 1 amide bonds. The number of halogens is 2. The first-order chi connectivity index (χ1) is 19.7. The summed E-state index contributed by atoms with van der Waals surface area (Å²) < 4.78 is 41.5. The van der Waals surface area contributed by atoms with Crippen LogP contribution in [0.4, 0.5) is 8.78 Å². The summed E-state index contributed by atoms with van der Waals surface area (Å²) in [7, 11) is 3.13. The summed E-state index contributed by atoms with van der Waals surface area (Å²) >= 11 is 1.25. The first kappa shape index (κ1) is 28.0. The number of benzene rings is 2. The maximum atomic E-state index is 14.4. The van der Waals surface area contributed by atoms with Crippen LogP contribution in [0.3, 0.4) is 0 Å². The summed E-state index contributed by atoms with van der Waals surface area (Å²) in [6, 6.07) is 10.3. The Labute approximate surface area is 238 Å². The molecule has 0 aliphatic carbocycles. The van der Waals surface area contributed by atoms with Crippen molar-refractivity contribution in [2.45, 2.75) is 26.7 Å². The van der Waals surface area contributed by atoms with E-state index in [1.807, 2.05) is 18.2 Å². The van der Waals surface area contributed by atoms with Crippen LogP contribution in [-0.2, 0) is 17.6 Å². The maximum Gasteiger partial charge on any atom is 0.268 e. The van der Waals surface area contributed by atoms with Crippen LogP contribution in [0.5, 0.6) is 11.5 Å². The Morgan fingerprint density at radius 1 is 1.05 bits per heavy atom. The number of amides is 1. The predicted octanol–water partition coefficient (Wildman–Crippen LogP) is 4.42. The molecule has 5 aromatic rings. The number of hydrogen-bond donors (Lipinski definition) is 1. The number of nitrogens with one attached hydrogen (secondary N) is 1. The number of nitrogens with zero attached hydrogens (tertiary/aromatic N) is 4. The van der Waals surface area contributed by atoms with Crippen molar-refractivity contribution < 1.29 is 23.0 Å². The van der Waals surface area contributed by atoms with Crippen molar-refractivity contribution >= 4 is 22.2 Å². The van der Waals surface area contributed by atoms with Gasteiger partial charge in [-0.1, -0.05) is 6.07 Å². The molecular formula is C29H27F2N5O4S. The molecule has 5 rings (SSSR count). The Morgan fingerprint density at radius 3 is 2.59 bits per heavy atom. The van der Waals surface area contributed by atoms with Crippen LogP contribution in [0, 0.1) is 25.5 Å². The lowest BCUT2D eigenvalue weighted by molar-refractivity contribution is -0.120. The van der Waals surface area contributed by atoms with Gasteiger partial charge in [0.2, 0.25) is 5.91 Å². The lowest BCUT2D eigenvalue weighted by atomic mass is 10.1. The molecule has 0 saturated heterocycles. The molecule has 0 fully saturated rings. The van der Waals surface area contributed by atoms with Crippen LogP contribution in [-0.4, -0.2) is 45.8 Å². The van der Waals surface area contributed by atoms with Gasteiger partial charge in [0, 0.05) is 29.4 Å². The molecule has 41 heavy (non-hydrogen) atoms. The molecule has 0 radical (unpaired) electrons. The summed E-state index contributed by atoms with van der Waals surface area (Å²) in [5, 5.41) is 9.03. The van der Waals surface area contributed by atoms with Crippen LogP contribution in [0.2, 0.25) is 0 Å². The van der Waals surface area contributed by atoms with Crippen molar-refractivity contribution in [2.75, 3.05) is 20.8 Å². The highest BCUT2D eigenvalue weighted by molar-refractivity contribution is 7.15. The second kappa shape index (κ2) is 11.5. The average Bonchev–Trinajstić information content (AvgIpc) is 3.52. The molecule has 2 aromatic carbocycles. The third kappa shape index (κ3) is 5.55. The van der Waals surface area contributed by atoms with E-state index in [0.29, 0.717) is 46.5 Å². The van der Waals surface area contributed by atoms with Crippen molar-refractivity contribution in [2.24, 2.45) is 0 Å². The van der Waals surface area contributed by atoms with E-state index < -0.39 is 17.2 Å². The number of rotatable bonds is 9. The van der Waals surface area contributed by atoms with Gasteiger partial charge in [-0.15, -0.1) is 11.3 Å². The number of ether oxygens (including phenoxy) is 2. The zero-order valence-electron chi connectivity index (χ0n) is 22.8. The number of aromatic nitrogens is 4. The molecule has 0 aliphatic rings. The zero-order valence-corrected chi connectivity index (χ0v) is 23.6. The molecule has 0 unspecified atom stereocenters. The Kier molecular flexibility index (Phi) is 7.84. The van der Waals surface area contributed by atoms with Crippen LogP contribution in [0.1, 0.15) is 22.6 Å². The molecule has 9 nitrogen and oxygen atoms in total. The van der Waals surface area contributed by atoms with E-state index in [4.69, 9.17) is 9.47 Å². The summed E-state index contributed by atoms with van der Waals surface area (Å²) in [5.41, 5.74) is 2.42. The predicted molar refractivity (Wildman–Crippen MR) is 151 cm³/mol. The zero-order chi connectivity index (χ0) is 29.3.